The average Bonchev–Trinajstić information content (AvgIpc) is 2.77. The predicted molar refractivity (Wildman–Crippen MR) is 67.0 cm³/mol. The highest BCUT2D eigenvalue weighted by atomic mass is 16.2. The maximum Gasteiger partial charge on any atom is 0.237 e. The molecule has 16 heavy (non-hydrogen) atoms. The summed E-state index contributed by atoms with van der Waals surface area (Å²) in [6.07, 6.45) is 10.1. The first-order valence-corrected chi connectivity index (χ1v) is 6.38. The van der Waals surface area contributed by atoms with Crippen LogP contribution >= 0.6 is 0 Å². The number of carbonyl (C=O) groups is 1. The molecule has 0 aromatic carbocycles. The first-order valence-electron chi connectivity index (χ1n) is 6.38. The molecule has 0 heterocycles. The van der Waals surface area contributed by atoms with Gasteiger partial charge < -0.3 is 11.1 Å². The summed E-state index contributed by atoms with van der Waals surface area (Å²) in [5.41, 5.74) is 5.65. The minimum absolute atomic E-state index is 0.0497. The fourth-order valence-corrected chi connectivity index (χ4v) is 2.32. The molecule has 1 rings (SSSR count). The van der Waals surface area contributed by atoms with Gasteiger partial charge in [0.25, 0.3) is 0 Å². The fraction of sp³-hybridized carbons (Fsp3) is 0.769. The van der Waals surface area contributed by atoms with Crippen molar-refractivity contribution < 1.29 is 4.79 Å². The topological polar surface area (TPSA) is 55.1 Å². The molecule has 3 heteroatoms. The lowest BCUT2D eigenvalue weighted by atomic mass is 10.0. The second-order valence-electron chi connectivity index (χ2n) is 4.71. The lowest BCUT2D eigenvalue weighted by Gasteiger charge is -2.12. The zero-order valence-electron chi connectivity index (χ0n) is 10.1. The van der Waals surface area contributed by atoms with E-state index in [0.717, 1.165) is 18.9 Å². The highest BCUT2D eigenvalue weighted by molar-refractivity contribution is 5.81. The third-order valence-electron chi connectivity index (χ3n) is 3.32. The molecule has 0 radical (unpaired) electrons. The van der Waals surface area contributed by atoms with Crippen molar-refractivity contribution in [2.75, 3.05) is 6.54 Å². The van der Waals surface area contributed by atoms with Gasteiger partial charge in [0.15, 0.2) is 0 Å². The van der Waals surface area contributed by atoms with E-state index in [2.05, 4.69) is 11.9 Å². The molecule has 1 fully saturated rings. The van der Waals surface area contributed by atoms with Crippen molar-refractivity contribution in [2.24, 2.45) is 11.7 Å². The van der Waals surface area contributed by atoms with Crippen LogP contribution in [0.25, 0.3) is 0 Å². The molecule has 1 aliphatic carbocycles. The van der Waals surface area contributed by atoms with Crippen molar-refractivity contribution in [3.63, 3.8) is 0 Å². The van der Waals surface area contributed by atoms with Crippen molar-refractivity contribution in [1.82, 2.24) is 5.32 Å². The molecule has 1 amide bonds. The van der Waals surface area contributed by atoms with Crippen LogP contribution in [0, 0.1) is 5.92 Å². The molecule has 0 aliphatic heterocycles. The summed E-state index contributed by atoms with van der Waals surface area (Å²) in [5.74, 6) is 0.852. The van der Waals surface area contributed by atoms with Gasteiger partial charge in [-0.2, -0.15) is 0 Å². The van der Waals surface area contributed by atoms with Gasteiger partial charge in [-0.3, -0.25) is 4.79 Å². The Hall–Kier alpha value is -0.830. The minimum Gasteiger partial charge on any atom is -0.355 e. The van der Waals surface area contributed by atoms with E-state index in [4.69, 9.17) is 5.73 Å². The molecule has 3 N–H and O–H groups in total. The molecule has 3 nitrogen and oxygen atoms in total. The number of rotatable bonds is 7. The maximum atomic E-state index is 11.4. The molecule has 92 valence electrons. The Bertz CT molecular complexity index is 222. The molecule has 0 aromatic heterocycles. The quantitative estimate of drug-likeness (QED) is 0.513. The van der Waals surface area contributed by atoms with Crippen LogP contribution < -0.4 is 11.1 Å². The van der Waals surface area contributed by atoms with Crippen LogP contribution in [-0.2, 0) is 4.79 Å². The van der Waals surface area contributed by atoms with Gasteiger partial charge in [-0.25, -0.2) is 0 Å². The van der Waals surface area contributed by atoms with E-state index in [-0.39, 0.29) is 5.91 Å². The zero-order valence-corrected chi connectivity index (χ0v) is 10.1. The van der Waals surface area contributed by atoms with Crippen LogP contribution in [0.5, 0.6) is 0 Å². The van der Waals surface area contributed by atoms with Crippen LogP contribution in [-0.4, -0.2) is 18.5 Å². The zero-order chi connectivity index (χ0) is 11.8. The molecular weight excluding hydrogens is 200 g/mol. The normalized spacial score (nSPS) is 18.3. The number of amides is 1. The van der Waals surface area contributed by atoms with Crippen molar-refractivity contribution in [3.05, 3.63) is 12.7 Å². The Morgan fingerprint density at radius 2 is 2.19 bits per heavy atom. The van der Waals surface area contributed by atoms with Crippen LogP contribution in [0.15, 0.2) is 12.7 Å². The average molecular weight is 224 g/mol. The van der Waals surface area contributed by atoms with Crippen LogP contribution in [0.3, 0.4) is 0 Å². The fourth-order valence-electron chi connectivity index (χ4n) is 2.32. The molecule has 0 aromatic rings. The Kier molecular flexibility index (Phi) is 6.16. The van der Waals surface area contributed by atoms with Gasteiger partial charge in [-0.1, -0.05) is 31.8 Å². The molecule has 1 unspecified atom stereocenters. The van der Waals surface area contributed by atoms with Gasteiger partial charge in [0.2, 0.25) is 5.91 Å². The maximum absolute atomic E-state index is 11.4. The van der Waals surface area contributed by atoms with Crippen LogP contribution in [0.2, 0.25) is 0 Å². The van der Waals surface area contributed by atoms with Gasteiger partial charge in [-0.15, -0.1) is 6.58 Å². The van der Waals surface area contributed by atoms with E-state index < -0.39 is 6.04 Å². The van der Waals surface area contributed by atoms with E-state index in [1.54, 1.807) is 6.08 Å². The monoisotopic (exact) mass is 224 g/mol. The van der Waals surface area contributed by atoms with Crippen molar-refractivity contribution in [2.45, 2.75) is 51.0 Å². The number of hydrogen-bond acceptors (Lipinski definition) is 2. The molecule has 1 aliphatic rings. The predicted octanol–water partition coefficient (Wildman–Crippen LogP) is 1.98. The third-order valence-corrected chi connectivity index (χ3v) is 3.32. The summed E-state index contributed by atoms with van der Waals surface area (Å²) in [5, 5.41) is 2.88. The summed E-state index contributed by atoms with van der Waals surface area (Å²) in [6, 6.07) is -0.427. The Balaban J connectivity index is 2.01. The smallest absolute Gasteiger partial charge is 0.237 e. The van der Waals surface area contributed by atoms with Gasteiger partial charge >= 0.3 is 0 Å². The van der Waals surface area contributed by atoms with Gasteiger partial charge in [0.1, 0.15) is 0 Å². The van der Waals surface area contributed by atoms with Crippen molar-refractivity contribution in [1.29, 1.82) is 0 Å². The van der Waals surface area contributed by atoms with E-state index in [0.29, 0.717) is 6.42 Å². The number of nitrogens with two attached hydrogens (primary N) is 1. The summed E-state index contributed by atoms with van der Waals surface area (Å²) >= 11 is 0. The molecule has 1 atom stereocenters. The second kappa shape index (κ2) is 7.44. The summed E-state index contributed by atoms with van der Waals surface area (Å²) in [6.45, 7) is 4.34. The Morgan fingerprint density at radius 3 is 2.81 bits per heavy atom. The number of carbonyl (C=O) groups excluding carboxylic acids is 1. The number of nitrogens with one attached hydrogen (secondary N) is 1. The largest absolute Gasteiger partial charge is 0.355 e. The molecule has 0 bridgehead atoms. The van der Waals surface area contributed by atoms with E-state index in [9.17, 15) is 4.79 Å². The van der Waals surface area contributed by atoms with Crippen molar-refractivity contribution >= 4 is 5.91 Å². The third kappa shape index (κ3) is 4.79. The highest BCUT2D eigenvalue weighted by Gasteiger charge is 2.15. The Morgan fingerprint density at radius 1 is 1.50 bits per heavy atom. The SMILES string of the molecule is C=CCC(N)C(=O)NCCCC1CCCC1. The molecule has 0 saturated heterocycles. The Labute approximate surface area is 98.5 Å². The van der Waals surface area contributed by atoms with E-state index in [1.165, 1.54) is 32.1 Å². The van der Waals surface area contributed by atoms with E-state index >= 15 is 0 Å². The van der Waals surface area contributed by atoms with Gasteiger partial charge in [0, 0.05) is 6.54 Å². The standard InChI is InChI=1S/C13H24N2O/c1-2-6-12(14)13(16)15-10-5-9-11-7-3-4-8-11/h2,11-12H,1,3-10,14H2,(H,15,16). The summed E-state index contributed by atoms with van der Waals surface area (Å²) in [4.78, 5) is 11.4. The van der Waals surface area contributed by atoms with E-state index in [1.807, 2.05) is 0 Å². The van der Waals surface area contributed by atoms with Crippen molar-refractivity contribution in [3.8, 4) is 0 Å². The van der Waals surface area contributed by atoms with Crippen LogP contribution in [0.4, 0.5) is 0 Å². The van der Waals surface area contributed by atoms with Crippen LogP contribution in [0.1, 0.15) is 44.9 Å². The lowest BCUT2D eigenvalue weighted by Crippen LogP contribution is -2.40. The second-order valence-corrected chi connectivity index (χ2v) is 4.71. The first kappa shape index (κ1) is 13.2. The summed E-state index contributed by atoms with van der Waals surface area (Å²) in [7, 11) is 0. The molecule has 0 spiro atoms. The number of hydrogen-bond donors (Lipinski definition) is 2. The van der Waals surface area contributed by atoms with Gasteiger partial charge in [0.05, 0.1) is 6.04 Å². The lowest BCUT2D eigenvalue weighted by molar-refractivity contribution is -0.122. The van der Waals surface area contributed by atoms with Gasteiger partial charge in [-0.05, 0) is 25.2 Å². The molecular formula is C13H24N2O. The first-order chi connectivity index (χ1) is 7.74. The minimum atomic E-state index is -0.427. The highest BCUT2D eigenvalue weighted by Crippen LogP contribution is 2.28. The summed E-state index contributed by atoms with van der Waals surface area (Å²) < 4.78 is 0. The molecule has 1 saturated carbocycles.